The van der Waals surface area contributed by atoms with Crippen molar-refractivity contribution in [3.63, 3.8) is 0 Å². The van der Waals surface area contributed by atoms with Gasteiger partial charge in [0.2, 0.25) is 0 Å². The van der Waals surface area contributed by atoms with E-state index in [1.165, 1.54) is 25.7 Å². The fourth-order valence-electron chi connectivity index (χ4n) is 2.62. The summed E-state index contributed by atoms with van der Waals surface area (Å²) in [5.74, 6) is 2.31. The molecule has 0 spiro atoms. The van der Waals surface area contributed by atoms with E-state index < -0.39 is 0 Å². The summed E-state index contributed by atoms with van der Waals surface area (Å²) in [6, 6.07) is 0. The number of aliphatic hydroxyl groups is 1. The van der Waals surface area contributed by atoms with E-state index in [4.69, 9.17) is 0 Å². The van der Waals surface area contributed by atoms with Crippen molar-refractivity contribution >= 4 is 0 Å². The Morgan fingerprint density at radius 2 is 1.81 bits per heavy atom. The van der Waals surface area contributed by atoms with Gasteiger partial charge in [-0.15, -0.1) is 0 Å². The second-order valence-electron chi connectivity index (χ2n) is 5.39. The quantitative estimate of drug-likeness (QED) is 0.743. The second kappa shape index (κ2) is 9.04. The van der Waals surface area contributed by atoms with E-state index in [9.17, 15) is 5.11 Å². The monoisotopic (exact) mass is 228 g/mol. The van der Waals surface area contributed by atoms with Crippen LogP contribution >= 0.6 is 0 Å². The first-order chi connectivity index (χ1) is 7.63. The molecule has 1 rings (SSSR count). The maximum Gasteiger partial charge on any atom is 0.0568 e. The van der Waals surface area contributed by atoms with E-state index >= 15 is 0 Å². The number of rotatable bonds is 4. The van der Waals surface area contributed by atoms with E-state index in [-0.39, 0.29) is 6.10 Å². The number of aliphatic hydroxyl groups excluding tert-OH is 1. The Hall–Kier alpha value is -0.0400. The molecule has 0 aliphatic heterocycles. The average molecular weight is 228 g/mol. The zero-order valence-corrected chi connectivity index (χ0v) is 12.0. The summed E-state index contributed by atoms with van der Waals surface area (Å²) in [5, 5.41) is 9.76. The van der Waals surface area contributed by atoms with Gasteiger partial charge in [0.05, 0.1) is 6.10 Å². The summed E-state index contributed by atoms with van der Waals surface area (Å²) in [6.45, 7) is 10.8. The SMILES string of the molecule is CC.CCC1CC(CCC(C)C)CCC1O. The third-order valence-electron chi connectivity index (χ3n) is 3.73. The minimum Gasteiger partial charge on any atom is -0.393 e. The highest BCUT2D eigenvalue weighted by atomic mass is 16.3. The fraction of sp³-hybridized carbons (Fsp3) is 1.00. The molecule has 1 nitrogen and oxygen atoms in total. The Morgan fingerprint density at radius 1 is 1.19 bits per heavy atom. The highest BCUT2D eigenvalue weighted by Crippen LogP contribution is 2.34. The van der Waals surface area contributed by atoms with Crippen LogP contribution in [0, 0.1) is 17.8 Å². The molecule has 0 bridgehead atoms. The van der Waals surface area contributed by atoms with Crippen molar-refractivity contribution in [2.24, 2.45) is 17.8 Å². The molecule has 0 amide bonds. The lowest BCUT2D eigenvalue weighted by Crippen LogP contribution is -2.28. The highest BCUT2D eigenvalue weighted by molar-refractivity contribution is 4.79. The van der Waals surface area contributed by atoms with Crippen molar-refractivity contribution in [3.05, 3.63) is 0 Å². The lowest BCUT2D eigenvalue weighted by molar-refractivity contribution is 0.0434. The smallest absolute Gasteiger partial charge is 0.0568 e. The summed E-state index contributed by atoms with van der Waals surface area (Å²) in [6.07, 6.45) is 7.45. The minimum atomic E-state index is -0.00435. The minimum absolute atomic E-state index is 0.00435. The zero-order chi connectivity index (χ0) is 12.6. The predicted molar refractivity (Wildman–Crippen MR) is 72.5 cm³/mol. The van der Waals surface area contributed by atoms with Crippen LogP contribution in [-0.2, 0) is 0 Å². The van der Waals surface area contributed by atoms with Crippen LogP contribution in [0.15, 0.2) is 0 Å². The molecular weight excluding hydrogens is 196 g/mol. The van der Waals surface area contributed by atoms with Crippen LogP contribution in [0.3, 0.4) is 0 Å². The maximum atomic E-state index is 9.76. The standard InChI is InChI=1S/C13H26O.C2H6/c1-4-12-9-11(6-5-10(2)3)7-8-13(12)14;1-2/h10-14H,4-9H2,1-3H3;1-2H3. The molecule has 1 aliphatic rings. The molecule has 1 fully saturated rings. The van der Waals surface area contributed by atoms with E-state index in [0.29, 0.717) is 5.92 Å². The molecular formula is C15H32O. The Kier molecular flexibility index (Phi) is 9.02. The summed E-state index contributed by atoms with van der Waals surface area (Å²) in [4.78, 5) is 0. The molecule has 0 aromatic rings. The first kappa shape index (κ1) is 16.0. The Morgan fingerprint density at radius 3 is 2.31 bits per heavy atom. The van der Waals surface area contributed by atoms with E-state index in [1.807, 2.05) is 13.8 Å². The van der Waals surface area contributed by atoms with Crippen molar-refractivity contribution in [1.82, 2.24) is 0 Å². The van der Waals surface area contributed by atoms with Crippen LogP contribution in [0.4, 0.5) is 0 Å². The van der Waals surface area contributed by atoms with Gasteiger partial charge in [0, 0.05) is 0 Å². The topological polar surface area (TPSA) is 20.2 Å². The second-order valence-corrected chi connectivity index (χ2v) is 5.39. The lowest BCUT2D eigenvalue weighted by Gasteiger charge is -2.33. The maximum absolute atomic E-state index is 9.76. The van der Waals surface area contributed by atoms with Gasteiger partial charge in [-0.05, 0) is 37.0 Å². The van der Waals surface area contributed by atoms with Crippen LogP contribution in [0.5, 0.6) is 0 Å². The van der Waals surface area contributed by atoms with Gasteiger partial charge in [0.15, 0.2) is 0 Å². The normalized spacial score (nSPS) is 29.8. The van der Waals surface area contributed by atoms with Gasteiger partial charge < -0.3 is 5.11 Å². The lowest BCUT2D eigenvalue weighted by atomic mass is 9.76. The molecule has 3 atom stereocenters. The molecule has 0 heterocycles. The van der Waals surface area contributed by atoms with Gasteiger partial charge >= 0.3 is 0 Å². The fourth-order valence-corrected chi connectivity index (χ4v) is 2.62. The zero-order valence-electron chi connectivity index (χ0n) is 12.0. The molecule has 1 saturated carbocycles. The van der Waals surface area contributed by atoms with Gasteiger partial charge in [0.25, 0.3) is 0 Å². The molecule has 1 aliphatic carbocycles. The Balaban J connectivity index is 0.00000106. The number of hydrogen-bond acceptors (Lipinski definition) is 1. The Labute approximate surface area is 103 Å². The first-order valence-corrected chi connectivity index (χ1v) is 7.31. The molecule has 0 aromatic heterocycles. The van der Waals surface area contributed by atoms with Crippen LogP contribution in [0.1, 0.15) is 73.1 Å². The molecule has 16 heavy (non-hydrogen) atoms. The Bertz CT molecular complexity index is 154. The van der Waals surface area contributed by atoms with E-state index in [0.717, 1.165) is 24.7 Å². The summed E-state index contributed by atoms with van der Waals surface area (Å²) < 4.78 is 0. The molecule has 0 aromatic carbocycles. The van der Waals surface area contributed by atoms with Crippen LogP contribution in [0.25, 0.3) is 0 Å². The van der Waals surface area contributed by atoms with Crippen LogP contribution < -0.4 is 0 Å². The summed E-state index contributed by atoms with van der Waals surface area (Å²) in [7, 11) is 0. The van der Waals surface area contributed by atoms with Crippen LogP contribution in [-0.4, -0.2) is 11.2 Å². The van der Waals surface area contributed by atoms with Gasteiger partial charge in [0.1, 0.15) is 0 Å². The van der Waals surface area contributed by atoms with Gasteiger partial charge in [-0.1, -0.05) is 53.9 Å². The highest BCUT2D eigenvalue weighted by Gasteiger charge is 2.27. The predicted octanol–water partition coefficient (Wildman–Crippen LogP) is 4.64. The van der Waals surface area contributed by atoms with Crippen molar-refractivity contribution in [1.29, 1.82) is 0 Å². The largest absolute Gasteiger partial charge is 0.393 e. The summed E-state index contributed by atoms with van der Waals surface area (Å²) in [5.41, 5.74) is 0. The third kappa shape index (κ3) is 5.89. The van der Waals surface area contributed by atoms with Gasteiger partial charge in [-0.25, -0.2) is 0 Å². The van der Waals surface area contributed by atoms with Crippen molar-refractivity contribution in [2.45, 2.75) is 79.2 Å². The summed E-state index contributed by atoms with van der Waals surface area (Å²) >= 11 is 0. The van der Waals surface area contributed by atoms with Gasteiger partial charge in [-0.2, -0.15) is 0 Å². The van der Waals surface area contributed by atoms with E-state index in [2.05, 4.69) is 20.8 Å². The van der Waals surface area contributed by atoms with Crippen molar-refractivity contribution in [3.8, 4) is 0 Å². The molecule has 1 heteroatoms. The molecule has 0 saturated heterocycles. The molecule has 98 valence electrons. The average Bonchev–Trinajstić information content (AvgIpc) is 2.30. The van der Waals surface area contributed by atoms with Crippen molar-refractivity contribution < 1.29 is 5.11 Å². The molecule has 0 radical (unpaired) electrons. The van der Waals surface area contributed by atoms with Crippen LogP contribution in [0.2, 0.25) is 0 Å². The third-order valence-corrected chi connectivity index (χ3v) is 3.73. The molecule has 1 N–H and O–H groups in total. The molecule has 3 unspecified atom stereocenters. The first-order valence-electron chi connectivity index (χ1n) is 7.31. The number of hydrogen-bond donors (Lipinski definition) is 1. The van der Waals surface area contributed by atoms with Crippen molar-refractivity contribution in [2.75, 3.05) is 0 Å². The van der Waals surface area contributed by atoms with E-state index in [1.54, 1.807) is 0 Å². The van der Waals surface area contributed by atoms with Gasteiger partial charge in [-0.3, -0.25) is 0 Å².